The minimum atomic E-state index is -3.50. The lowest BCUT2D eigenvalue weighted by Crippen LogP contribution is -2.38. The number of hydrogen-bond acceptors (Lipinski definition) is 4. The monoisotopic (exact) mass is 275 g/mol. The second kappa shape index (κ2) is 5.40. The van der Waals surface area contributed by atoms with Crippen molar-refractivity contribution in [3.63, 3.8) is 0 Å². The van der Waals surface area contributed by atoms with Gasteiger partial charge in [-0.2, -0.15) is 14.8 Å². The first-order chi connectivity index (χ1) is 9.07. The van der Waals surface area contributed by atoms with Gasteiger partial charge < -0.3 is 0 Å². The SMILES string of the molecule is N#Cc1ccc(S(=O)(=O)N2CCC(C#N)CC2)cc1. The van der Waals surface area contributed by atoms with E-state index in [2.05, 4.69) is 6.07 Å². The van der Waals surface area contributed by atoms with Crippen LogP contribution in [0.3, 0.4) is 0 Å². The summed E-state index contributed by atoms with van der Waals surface area (Å²) >= 11 is 0. The van der Waals surface area contributed by atoms with Crippen molar-refractivity contribution in [1.29, 1.82) is 10.5 Å². The van der Waals surface area contributed by atoms with E-state index in [1.54, 1.807) is 0 Å². The number of sulfonamides is 1. The fourth-order valence-electron chi connectivity index (χ4n) is 2.08. The molecule has 0 amide bonds. The average Bonchev–Trinajstić information content (AvgIpc) is 2.47. The zero-order valence-corrected chi connectivity index (χ0v) is 11.1. The first-order valence-electron chi connectivity index (χ1n) is 5.98. The van der Waals surface area contributed by atoms with Crippen molar-refractivity contribution in [3.8, 4) is 12.1 Å². The van der Waals surface area contributed by atoms with E-state index in [9.17, 15) is 8.42 Å². The Labute approximate surface area is 112 Å². The van der Waals surface area contributed by atoms with Gasteiger partial charge in [-0.3, -0.25) is 0 Å². The molecule has 0 atom stereocenters. The van der Waals surface area contributed by atoms with E-state index in [1.165, 1.54) is 28.6 Å². The Morgan fingerprint density at radius 1 is 1.11 bits per heavy atom. The molecule has 1 heterocycles. The molecule has 6 heteroatoms. The van der Waals surface area contributed by atoms with Crippen LogP contribution < -0.4 is 0 Å². The summed E-state index contributed by atoms with van der Waals surface area (Å²) in [6, 6.07) is 10.0. The third kappa shape index (κ3) is 2.76. The van der Waals surface area contributed by atoms with Crippen molar-refractivity contribution in [3.05, 3.63) is 29.8 Å². The van der Waals surface area contributed by atoms with Gasteiger partial charge in [0.25, 0.3) is 0 Å². The normalized spacial score (nSPS) is 17.6. The van der Waals surface area contributed by atoms with E-state index in [1.807, 2.05) is 6.07 Å². The molecule has 2 rings (SSSR count). The summed E-state index contributed by atoms with van der Waals surface area (Å²) in [5.41, 5.74) is 0.433. The molecular formula is C13H13N3O2S. The Kier molecular flexibility index (Phi) is 3.84. The van der Waals surface area contributed by atoms with Crippen LogP contribution in [0.25, 0.3) is 0 Å². The Morgan fingerprint density at radius 2 is 1.68 bits per heavy atom. The third-order valence-electron chi connectivity index (χ3n) is 3.26. The van der Waals surface area contributed by atoms with E-state index in [0.717, 1.165) is 0 Å². The topological polar surface area (TPSA) is 85.0 Å². The van der Waals surface area contributed by atoms with Crippen LogP contribution >= 0.6 is 0 Å². The second-order valence-corrected chi connectivity index (χ2v) is 6.38. The summed E-state index contributed by atoms with van der Waals surface area (Å²) in [4.78, 5) is 0.196. The summed E-state index contributed by atoms with van der Waals surface area (Å²) in [5.74, 6) is -0.0487. The van der Waals surface area contributed by atoms with Crippen LogP contribution in [0.2, 0.25) is 0 Å². The van der Waals surface area contributed by atoms with E-state index in [4.69, 9.17) is 10.5 Å². The Morgan fingerprint density at radius 3 is 2.16 bits per heavy atom. The molecule has 5 nitrogen and oxygen atoms in total. The summed E-state index contributed by atoms with van der Waals surface area (Å²) in [6.45, 7) is 0.751. The van der Waals surface area contributed by atoms with Crippen molar-refractivity contribution in [1.82, 2.24) is 4.31 Å². The van der Waals surface area contributed by atoms with Gasteiger partial charge in [0, 0.05) is 19.0 Å². The van der Waals surface area contributed by atoms with Gasteiger partial charge in [-0.25, -0.2) is 8.42 Å². The molecule has 0 aliphatic carbocycles. The minimum absolute atomic E-state index is 0.0487. The van der Waals surface area contributed by atoms with Gasteiger partial charge in [0.05, 0.1) is 22.6 Å². The van der Waals surface area contributed by atoms with Crippen LogP contribution in [0.1, 0.15) is 18.4 Å². The summed E-state index contributed by atoms with van der Waals surface area (Å²) in [7, 11) is -3.50. The van der Waals surface area contributed by atoms with Crippen molar-refractivity contribution < 1.29 is 8.42 Å². The molecule has 1 aliphatic rings. The maximum Gasteiger partial charge on any atom is 0.243 e. The first-order valence-corrected chi connectivity index (χ1v) is 7.42. The molecule has 0 radical (unpaired) electrons. The van der Waals surface area contributed by atoms with Gasteiger partial charge in [-0.05, 0) is 37.1 Å². The number of nitriles is 2. The molecule has 0 unspecified atom stereocenters. The van der Waals surface area contributed by atoms with Gasteiger partial charge in [0.1, 0.15) is 0 Å². The number of piperidine rings is 1. The third-order valence-corrected chi connectivity index (χ3v) is 5.17. The molecule has 0 spiro atoms. The quantitative estimate of drug-likeness (QED) is 0.818. The van der Waals surface area contributed by atoms with Gasteiger partial charge >= 0.3 is 0 Å². The lowest BCUT2D eigenvalue weighted by Gasteiger charge is -2.28. The second-order valence-electron chi connectivity index (χ2n) is 4.44. The molecule has 0 aromatic heterocycles. The predicted octanol–water partition coefficient (Wildman–Crippen LogP) is 1.48. The molecule has 1 saturated heterocycles. The van der Waals surface area contributed by atoms with E-state index in [0.29, 0.717) is 31.5 Å². The fraction of sp³-hybridized carbons (Fsp3) is 0.385. The molecule has 0 N–H and O–H groups in total. The van der Waals surface area contributed by atoms with E-state index >= 15 is 0 Å². The number of benzene rings is 1. The van der Waals surface area contributed by atoms with Crippen LogP contribution in [0.4, 0.5) is 0 Å². The highest BCUT2D eigenvalue weighted by Gasteiger charge is 2.29. The Hall–Kier alpha value is -1.89. The number of nitrogens with zero attached hydrogens (tertiary/aromatic N) is 3. The highest BCUT2D eigenvalue weighted by atomic mass is 32.2. The summed E-state index contributed by atoms with van der Waals surface area (Å²) < 4.78 is 26.1. The van der Waals surface area contributed by atoms with Crippen molar-refractivity contribution in [2.45, 2.75) is 17.7 Å². The minimum Gasteiger partial charge on any atom is -0.207 e. The van der Waals surface area contributed by atoms with Gasteiger partial charge in [-0.1, -0.05) is 0 Å². The van der Waals surface area contributed by atoms with Crippen LogP contribution in [0, 0.1) is 28.6 Å². The molecular weight excluding hydrogens is 262 g/mol. The fourth-order valence-corrected chi connectivity index (χ4v) is 3.55. The highest BCUT2D eigenvalue weighted by molar-refractivity contribution is 7.89. The van der Waals surface area contributed by atoms with E-state index < -0.39 is 10.0 Å². The smallest absolute Gasteiger partial charge is 0.207 e. The van der Waals surface area contributed by atoms with Crippen molar-refractivity contribution in [2.75, 3.05) is 13.1 Å². The number of rotatable bonds is 2. The zero-order valence-electron chi connectivity index (χ0n) is 10.3. The first kappa shape index (κ1) is 13.5. The van der Waals surface area contributed by atoms with Crippen LogP contribution in [0.5, 0.6) is 0 Å². The van der Waals surface area contributed by atoms with Crippen LogP contribution in [-0.4, -0.2) is 25.8 Å². The lowest BCUT2D eigenvalue weighted by atomic mass is 10.0. The maximum atomic E-state index is 12.3. The highest BCUT2D eigenvalue weighted by Crippen LogP contribution is 2.23. The average molecular weight is 275 g/mol. The molecule has 0 saturated carbocycles. The van der Waals surface area contributed by atoms with Gasteiger partial charge in [0.2, 0.25) is 10.0 Å². The Bertz CT molecular complexity index is 630. The van der Waals surface area contributed by atoms with Gasteiger partial charge in [-0.15, -0.1) is 0 Å². The maximum absolute atomic E-state index is 12.3. The zero-order chi connectivity index (χ0) is 13.9. The Balaban J connectivity index is 2.19. The number of hydrogen-bond donors (Lipinski definition) is 0. The molecule has 1 aliphatic heterocycles. The molecule has 1 aromatic carbocycles. The van der Waals surface area contributed by atoms with Crippen LogP contribution in [0.15, 0.2) is 29.2 Å². The standard InChI is InChI=1S/C13H13N3O2S/c14-9-11-1-3-13(4-2-11)19(17,18)16-7-5-12(10-15)6-8-16/h1-4,12H,5-8H2. The summed E-state index contributed by atoms with van der Waals surface area (Å²) in [6.07, 6.45) is 1.15. The molecule has 0 bridgehead atoms. The summed E-state index contributed by atoms with van der Waals surface area (Å²) in [5, 5.41) is 17.5. The van der Waals surface area contributed by atoms with E-state index in [-0.39, 0.29) is 10.8 Å². The molecule has 98 valence electrons. The van der Waals surface area contributed by atoms with Crippen molar-refractivity contribution in [2.24, 2.45) is 5.92 Å². The molecule has 19 heavy (non-hydrogen) atoms. The predicted molar refractivity (Wildman–Crippen MR) is 68.3 cm³/mol. The molecule has 1 aromatic rings. The lowest BCUT2D eigenvalue weighted by molar-refractivity contribution is 0.310. The molecule has 1 fully saturated rings. The van der Waals surface area contributed by atoms with Crippen molar-refractivity contribution >= 4 is 10.0 Å². The van der Waals surface area contributed by atoms with Gasteiger partial charge in [0.15, 0.2) is 0 Å². The van der Waals surface area contributed by atoms with Crippen LogP contribution in [-0.2, 0) is 10.0 Å². The largest absolute Gasteiger partial charge is 0.243 e.